The summed E-state index contributed by atoms with van der Waals surface area (Å²) in [5.74, 6) is -3.94. The Kier molecular flexibility index (Phi) is 4.28. The second kappa shape index (κ2) is 8.70. The highest BCUT2D eigenvalue weighted by atomic mass is 16.5. The van der Waals surface area contributed by atoms with Gasteiger partial charge < -0.3 is 20.3 Å². The van der Waals surface area contributed by atoms with Gasteiger partial charge in [-0.1, -0.05) is 30.3 Å². The summed E-state index contributed by atoms with van der Waals surface area (Å²) in [4.78, 5) is 34.7. The van der Waals surface area contributed by atoms with Crippen LogP contribution in [0.5, 0.6) is 0 Å². The Balaban J connectivity index is 3.03. The summed E-state index contributed by atoms with van der Waals surface area (Å²) in [5, 5.41) is 19.4. The van der Waals surface area contributed by atoms with Gasteiger partial charge in [0.05, 0.1) is 1.37 Å². The number of aliphatic hydroxyl groups excluding tert-OH is 1. The zero-order chi connectivity index (χ0) is 20.2. The van der Waals surface area contributed by atoms with Crippen LogP contribution < -0.4 is 5.32 Å². The van der Waals surface area contributed by atoms with Gasteiger partial charge in [-0.15, -0.1) is 0 Å². The molecule has 1 aromatic carbocycles. The molecule has 21 heavy (non-hydrogen) atoms. The molecule has 0 saturated heterocycles. The van der Waals surface area contributed by atoms with E-state index in [9.17, 15) is 19.5 Å². The third-order valence-electron chi connectivity index (χ3n) is 2.12. The number of ether oxygens (including phenoxy) is 1. The van der Waals surface area contributed by atoms with Crippen molar-refractivity contribution in [3.8, 4) is 0 Å². The van der Waals surface area contributed by atoms with Crippen molar-refractivity contribution in [2.45, 2.75) is 25.4 Å². The number of hydrogen-bond donors (Lipinski definition) is 3. The van der Waals surface area contributed by atoms with Crippen LogP contribution in [-0.4, -0.2) is 40.7 Å². The van der Waals surface area contributed by atoms with Gasteiger partial charge in [0.25, 0.3) is 0 Å². The molecule has 0 bridgehead atoms. The van der Waals surface area contributed by atoms with E-state index in [0.717, 1.165) is 0 Å². The van der Waals surface area contributed by atoms with Crippen LogP contribution in [0.25, 0.3) is 0 Å². The van der Waals surface area contributed by atoms with Crippen molar-refractivity contribution in [1.29, 1.82) is 0 Å². The van der Waals surface area contributed by atoms with Crippen molar-refractivity contribution in [2.75, 3.05) is 6.61 Å². The average Bonchev–Trinajstić information content (AvgIpc) is 2.59. The summed E-state index contributed by atoms with van der Waals surface area (Å²) in [6.07, 6.45) is -8.81. The van der Waals surface area contributed by atoms with Crippen molar-refractivity contribution >= 4 is 17.8 Å². The minimum Gasteiger partial charge on any atom is -0.480 e. The predicted molar refractivity (Wildman–Crippen MR) is 72.5 cm³/mol. The minimum absolute atomic E-state index is 0.312. The highest BCUT2D eigenvalue weighted by Crippen LogP contribution is 2.03. The molecule has 0 spiro atoms. The summed E-state index contributed by atoms with van der Waals surface area (Å²) in [5.41, 5.74) is 0.530. The monoisotopic (exact) mass is 300 g/mol. The second-order valence-electron chi connectivity index (χ2n) is 3.70. The Morgan fingerprint density at radius 3 is 2.57 bits per heavy atom. The van der Waals surface area contributed by atoms with Crippen molar-refractivity contribution < 1.29 is 36.2 Å². The number of carboxylic acid groups (broad SMARTS) is 1. The molecular formula is C14H17NO6. The molecule has 7 heteroatoms. The molecule has 0 unspecified atom stereocenters. The zero-order valence-corrected chi connectivity index (χ0v) is 10.8. The van der Waals surface area contributed by atoms with Crippen LogP contribution in [0, 0.1) is 0 Å². The van der Waals surface area contributed by atoms with Gasteiger partial charge in [-0.05, 0) is 11.9 Å². The molecule has 0 heterocycles. The number of carbonyl (C=O) groups excluding carboxylic acids is 2. The number of benzene rings is 1. The highest BCUT2D eigenvalue weighted by Gasteiger charge is 2.21. The first-order chi connectivity index (χ1) is 11.9. The fraction of sp³-hybridized carbons (Fsp3) is 0.357. The Labute approximate surface area is 128 Å². The molecule has 114 valence electrons. The number of alkyl carbamates (subject to hydrolysis) is 1. The Hall–Kier alpha value is -2.41. The van der Waals surface area contributed by atoms with E-state index >= 15 is 0 Å². The summed E-state index contributed by atoms with van der Waals surface area (Å²) < 4.78 is 42.7. The van der Waals surface area contributed by atoms with E-state index in [1.807, 2.05) is 0 Å². The number of nitrogens with one attached hydrogen (secondary N) is 1. The van der Waals surface area contributed by atoms with Crippen molar-refractivity contribution in [3.63, 3.8) is 0 Å². The lowest BCUT2D eigenvalue weighted by Gasteiger charge is -2.14. The Bertz CT molecular complexity index is 684. The number of Topliss-reactive ketones (excluding diaryl/α,β-unsaturated/α-hetero) is 1. The molecule has 1 amide bonds. The number of ketones is 1. The maximum absolute atomic E-state index is 11.8. The van der Waals surface area contributed by atoms with Gasteiger partial charge in [-0.2, -0.15) is 0 Å². The summed E-state index contributed by atoms with van der Waals surface area (Å²) in [6, 6.07) is 4.59. The first-order valence-corrected chi connectivity index (χ1v) is 5.76. The van der Waals surface area contributed by atoms with Gasteiger partial charge >= 0.3 is 12.1 Å². The largest absolute Gasteiger partial charge is 0.480 e. The van der Waals surface area contributed by atoms with Gasteiger partial charge in [0.15, 0.2) is 5.78 Å². The van der Waals surface area contributed by atoms with Gasteiger partial charge in [-0.3, -0.25) is 4.79 Å². The van der Waals surface area contributed by atoms with E-state index < -0.39 is 43.2 Å². The van der Waals surface area contributed by atoms with Crippen LogP contribution in [0.3, 0.4) is 0 Å². The minimum atomic E-state index is -3.74. The van der Waals surface area contributed by atoms with Gasteiger partial charge in [0.2, 0.25) is 0 Å². The maximum atomic E-state index is 11.8. The molecule has 1 atom stereocenters. The average molecular weight is 300 g/mol. The number of carboxylic acids is 1. The summed E-state index contributed by atoms with van der Waals surface area (Å²) >= 11 is 0. The topological polar surface area (TPSA) is 113 Å². The molecule has 0 aliphatic heterocycles. The smallest absolute Gasteiger partial charge is 0.408 e. The zero-order valence-electron chi connectivity index (χ0n) is 15.8. The van der Waals surface area contributed by atoms with Crippen LogP contribution in [-0.2, 0) is 20.9 Å². The predicted octanol–water partition coefficient (Wildman–Crippen LogP) is 0.708. The van der Waals surface area contributed by atoms with Crippen molar-refractivity contribution in [1.82, 2.24) is 5.32 Å². The fourth-order valence-corrected chi connectivity index (χ4v) is 1.17. The molecule has 0 saturated carbocycles. The lowest BCUT2D eigenvalue weighted by molar-refractivity contribution is -0.139. The van der Waals surface area contributed by atoms with Gasteiger partial charge in [0.1, 0.15) is 19.2 Å². The summed E-state index contributed by atoms with van der Waals surface area (Å²) in [7, 11) is 0. The molecule has 7 nitrogen and oxygen atoms in total. The second-order valence-corrected chi connectivity index (χ2v) is 3.70. The Morgan fingerprint density at radius 1 is 1.33 bits per heavy atom. The maximum Gasteiger partial charge on any atom is 0.408 e. The quantitative estimate of drug-likeness (QED) is 0.651. The first-order valence-electron chi connectivity index (χ1n) is 8.26. The van der Waals surface area contributed by atoms with Crippen molar-refractivity contribution in [2.24, 2.45) is 0 Å². The molecule has 0 aliphatic carbocycles. The lowest BCUT2D eigenvalue weighted by atomic mass is 10.1. The van der Waals surface area contributed by atoms with Crippen LogP contribution in [0.15, 0.2) is 30.3 Å². The fourth-order valence-electron chi connectivity index (χ4n) is 1.17. The normalized spacial score (nSPS) is 17.9. The van der Waals surface area contributed by atoms with E-state index in [2.05, 4.69) is 0 Å². The molecule has 0 fully saturated rings. The number of carbonyl (C=O) groups is 3. The van der Waals surface area contributed by atoms with Crippen LogP contribution >= 0.6 is 0 Å². The number of aliphatic carboxylic acids is 1. The number of hydrogen-bond acceptors (Lipinski definition) is 5. The molecule has 1 rings (SSSR count). The van der Waals surface area contributed by atoms with E-state index in [1.165, 1.54) is 5.32 Å². The number of rotatable bonds is 8. The van der Waals surface area contributed by atoms with Gasteiger partial charge in [-0.25, -0.2) is 9.59 Å². The summed E-state index contributed by atoms with van der Waals surface area (Å²) in [6.45, 7) is -1.73. The van der Waals surface area contributed by atoms with E-state index in [0.29, 0.717) is 5.56 Å². The van der Waals surface area contributed by atoms with E-state index in [1.54, 1.807) is 30.3 Å². The van der Waals surface area contributed by atoms with E-state index in [-0.39, 0.29) is 6.61 Å². The molecule has 1 aromatic rings. The van der Waals surface area contributed by atoms with Crippen LogP contribution in [0.4, 0.5) is 4.79 Å². The van der Waals surface area contributed by atoms with Crippen LogP contribution in [0.2, 0.25) is 0 Å². The molecule has 0 aliphatic rings. The van der Waals surface area contributed by atoms with Gasteiger partial charge in [0, 0.05) is 11.9 Å². The molecule has 0 aromatic heterocycles. The van der Waals surface area contributed by atoms with E-state index in [4.69, 9.17) is 16.7 Å². The van der Waals surface area contributed by atoms with Crippen LogP contribution in [0.1, 0.15) is 25.2 Å². The SMILES string of the molecule is [2H]C([2H])(C(=O)CO)C([2H])([2H])[C@]([2H])(NC(=O)OCc1ccccc1)C(=O)O. The standard InChI is InChI=1S/C14H17NO6/c16-8-11(17)6-7-12(13(18)19)15-14(20)21-9-10-4-2-1-3-5-10/h1-5,12,16H,6-9H2,(H,15,20)(H,18,19)/t12-/m0/s1/i6D2,7D2,12D. The third-order valence-corrected chi connectivity index (χ3v) is 2.12. The number of amides is 1. The number of aliphatic hydroxyl groups is 1. The first kappa shape index (κ1) is 10.3. The Morgan fingerprint density at radius 2 is 2.00 bits per heavy atom. The lowest BCUT2D eigenvalue weighted by Crippen LogP contribution is -2.41. The molecule has 3 N–H and O–H groups in total. The molecule has 0 radical (unpaired) electrons. The highest BCUT2D eigenvalue weighted by molar-refractivity contribution is 5.82. The third kappa shape index (κ3) is 6.53. The molecular weight excluding hydrogens is 278 g/mol. The van der Waals surface area contributed by atoms with Crippen molar-refractivity contribution in [3.05, 3.63) is 35.9 Å².